The minimum atomic E-state index is 0.763. The first-order valence-electron chi connectivity index (χ1n) is 4.07. The second kappa shape index (κ2) is 4.99. The highest BCUT2D eigenvalue weighted by Gasteiger charge is 1.95. The maximum atomic E-state index is 7.45. The predicted molar refractivity (Wildman–Crippen MR) is 55.8 cm³/mol. The molecule has 0 saturated heterocycles. The normalized spacial score (nSPS) is 9.75. The van der Waals surface area contributed by atoms with Gasteiger partial charge in [-0.05, 0) is 12.0 Å². The van der Waals surface area contributed by atoms with Crippen LogP contribution in [-0.4, -0.2) is 5.04 Å². The molecule has 0 atom stereocenters. The maximum absolute atomic E-state index is 7.45. The van der Waals surface area contributed by atoms with Crippen molar-refractivity contribution in [1.29, 1.82) is 5.41 Å². The van der Waals surface area contributed by atoms with Crippen molar-refractivity contribution >= 4 is 16.8 Å². The van der Waals surface area contributed by atoms with Gasteiger partial charge in [0.1, 0.15) is 0 Å². The number of thioether (sulfide) groups is 1. The number of nitrogens with one attached hydrogen (secondary N) is 1. The summed E-state index contributed by atoms with van der Waals surface area (Å²) < 4.78 is 0. The van der Waals surface area contributed by atoms with E-state index in [1.807, 2.05) is 25.1 Å². The molecule has 0 bridgehead atoms. The van der Waals surface area contributed by atoms with Gasteiger partial charge in [0.15, 0.2) is 0 Å². The Balaban J connectivity index is 2.38. The highest BCUT2D eigenvalue weighted by Crippen LogP contribution is 2.13. The summed E-state index contributed by atoms with van der Waals surface area (Å²) in [6.45, 7) is 2.01. The third kappa shape index (κ3) is 3.09. The summed E-state index contributed by atoms with van der Waals surface area (Å²) in [6.07, 6.45) is 0.845. The van der Waals surface area contributed by atoms with Crippen LogP contribution in [0.25, 0.3) is 0 Å². The van der Waals surface area contributed by atoms with E-state index in [0.717, 1.165) is 17.2 Å². The van der Waals surface area contributed by atoms with Gasteiger partial charge in [0.25, 0.3) is 0 Å². The molecule has 0 amide bonds. The first-order valence-corrected chi connectivity index (χ1v) is 5.05. The van der Waals surface area contributed by atoms with Gasteiger partial charge < -0.3 is 0 Å². The standard InChI is InChI=1S/C10H13NS/c1-2-10(11)12-8-9-6-4-3-5-7-9/h3-7,11H,2,8H2,1H3. The van der Waals surface area contributed by atoms with Crippen molar-refractivity contribution < 1.29 is 0 Å². The largest absolute Gasteiger partial charge is 0.298 e. The molecule has 1 nitrogen and oxygen atoms in total. The lowest BCUT2D eigenvalue weighted by Gasteiger charge is -2.00. The average molecular weight is 179 g/mol. The average Bonchev–Trinajstić information content (AvgIpc) is 2.16. The molecule has 64 valence electrons. The number of rotatable bonds is 3. The van der Waals surface area contributed by atoms with Gasteiger partial charge in [0.2, 0.25) is 0 Å². The first-order chi connectivity index (χ1) is 5.83. The summed E-state index contributed by atoms with van der Waals surface area (Å²) in [5.41, 5.74) is 1.29. The van der Waals surface area contributed by atoms with Crippen molar-refractivity contribution in [3.8, 4) is 0 Å². The molecule has 1 aromatic carbocycles. The molecule has 1 rings (SSSR count). The third-order valence-electron chi connectivity index (χ3n) is 1.58. The predicted octanol–water partition coefficient (Wildman–Crippen LogP) is 3.31. The molecule has 0 spiro atoms. The zero-order valence-electron chi connectivity index (χ0n) is 7.21. The molecule has 0 aromatic heterocycles. The van der Waals surface area contributed by atoms with Crippen molar-refractivity contribution in [1.82, 2.24) is 0 Å². The van der Waals surface area contributed by atoms with Crippen molar-refractivity contribution in [2.24, 2.45) is 0 Å². The zero-order valence-corrected chi connectivity index (χ0v) is 8.03. The molecular formula is C10H13NS. The van der Waals surface area contributed by atoms with Crippen molar-refractivity contribution in [2.45, 2.75) is 19.1 Å². The van der Waals surface area contributed by atoms with Gasteiger partial charge in [-0.3, -0.25) is 5.41 Å². The number of hydrogen-bond donors (Lipinski definition) is 1. The van der Waals surface area contributed by atoms with Crippen LogP contribution < -0.4 is 0 Å². The van der Waals surface area contributed by atoms with Crippen LogP contribution in [0.15, 0.2) is 30.3 Å². The summed E-state index contributed by atoms with van der Waals surface area (Å²) in [4.78, 5) is 0. The fourth-order valence-corrected chi connectivity index (χ4v) is 1.58. The Bertz CT molecular complexity index is 243. The second-order valence-electron chi connectivity index (χ2n) is 2.55. The second-order valence-corrected chi connectivity index (χ2v) is 3.62. The third-order valence-corrected chi connectivity index (χ3v) is 2.69. The zero-order chi connectivity index (χ0) is 8.81. The SMILES string of the molecule is CCC(=N)SCc1ccccc1. The topological polar surface area (TPSA) is 23.9 Å². The van der Waals surface area contributed by atoms with Gasteiger partial charge in [-0.2, -0.15) is 0 Å². The van der Waals surface area contributed by atoms with Gasteiger partial charge >= 0.3 is 0 Å². The Morgan fingerprint density at radius 1 is 1.33 bits per heavy atom. The lowest BCUT2D eigenvalue weighted by molar-refractivity contribution is 1.28. The highest BCUT2D eigenvalue weighted by atomic mass is 32.2. The lowest BCUT2D eigenvalue weighted by Crippen LogP contribution is -1.87. The molecule has 0 fully saturated rings. The van der Waals surface area contributed by atoms with Gasteiger partial charge in [-0.25, -0.2) is 0 Å². The fraction of sp³-hybridized carbons (Fsp3) is 0.300. The van der Waals surface area contributed by atoms with E-state index in [1.54, 1.807) is 11.8 Å². The molecule has 2 heteroatoms. The van der Waals surface area contributed by atoms with Crippen LogP contribution >= 0.6 is 11.8 Å². The number of hydrogen-bond acceptors (Lipinski definition) is 2. The van der Waals surface area contributed by atoms with E-state index in [4.69, 9.17) is 5.41 Å². The summed E-state index contributed by atoms with van der Waals surface area (Å²) in [5, 5.41) is 8.21. The molecular weight excluding hydrogens is 166 g/mol. The molecule has 0 saturated carbocycles. The molecule has 12 heavy (non-hydrogen) atoms. The summed E-state index contributed by atoms with van der Waals surface area (Å²) >= 11 is 1.61. The van der Waals surface area contributed by atoms with Crippen LogP contribution in [0.3, 0.4) is 0 Å². The summed E-state index contributed by atoms with van der Waals surface area (Å²) in [5.74, 6) is 0.924. The van der Waals surface area contributed by atoms with E-state index in [0.29, 0.717) is 0 Å². The summed E-state index contributed by atoms with van der Waals surface area (Å²) in [6, 6.07) is 10.3. The Kier molecular flexibility index (Phi) is 3.88. The fourth-order valence-electron chi connectivity index (χ4n) is 0.847. The van der Waals surface area contributed by atoms with Crippen LogP contribution in [0.5, 0.6) is 0 Å². The van der Waals surface area contributed by atoms with Crippen molar-refractivity contribution in [3.05, 3.63) is 35.9 Å². The van der Waals surface area contributed by atoms with Crippen LogP contribution in [0.1, 0.15) is 18.9 Å². The smallest absolute Gasteiger partial charge is 0.0641 e. The quantitative estimate of drug-likeness (QED) is 0.558. The van der Waals surface area contributed by atoms with Gasteiger partial charge in [-0.1, -0.05) is 37.3 Å². The van der Waals surface area contributed by atoms with Crippen LogP contribution in [0.2, 0.25) is 0 Å². The van der Waals surface area contributed by atoms with E-state index in [1.165, 1.54) is 5.56 Å². The molecule has 0 unspecified atom stereocenters. The van der Waals surface area contributed by atoms with Gasteiger partial charge in [-0.15, -0.1) is 11.8 Å². The molecule has 0 aliphatic carbocycles. The summed E-state index contributed by atoms with van der Waals surface area (Å²) in [7, 11) is 0. The van der Waals surface area contributed by atoms with E-state index in [2.05, 4.69) is 12.1 Å². The molecule has 1 N–H and O–H groups in total. The van der Waals surface area contributed by atoms with Crippen molar-refractivity contribution in [3.63, 3.8) is 0 Å². The minimum Gasteiger partial charge on any atom is -0.298 e. The van der Waals surface area contributed by atoms with Gasteiger partial charge in [0, 0.05) is 5.75 Å². The number of benzene rings is 1. The van der Waals surface area contributed by atoms with E-state index < -0.39 is 0 Å². The lowest BCUT2D eigenvalue weighted by atomic mass is 10.2. The molecule has 0 aliphatic heterocycles. The molecule has 0 aliphatic rings. The van der Waals surface area contributed by atoms with Crippen LogP contribution in [0.4, 0.5) is 0 Å². The van der Waals surface area contributed by atoms with Gasteiger partial charge in [0.05, 0.1) is 5.04 Å². The Morgan fingerprint density at radius 2 is 2.00 bits per heavy atom. The molecule has 0 heterocycles. The first kappa shape index (κ1) is 9.33. The maximum Gasteiger partial charge on any atom is 0.0641 e. The Morgan fingerprint density at radius 3 is 2.58 bits per heavy atom. The van der Waals surface area contributed by atoms with E-state index in [9.17, 15) is 0 Å². The van der Waals surface area contributed by atoms with Crippen LogP contribution in [0, 0.1) is 5.41 Å². The highest BCUT2D eigenvalue weighted by molar-refractivity contribution is 8.13. The van der Waals surface area contributed by atoms with Crippen LogP contribution in [-0.2, 0) is 5.75 Å². The van der Waals surface area contributed by atoms with Crippen molar-refractivity contribution in [2.75, 3.05) is 0 Å². The van der Waals surface area contributed by atoms with E-state index >= 15 is 0 Å². The molecule has 1 aromatic rings. The minimum absolute atomic E-state index is 0.763. The Labute approximate surface area is 77.7 Å². The Hall–Kier alpha value is -0.760. The monoisotopic (exact) mass is 179 g/mol. The molecule has 0 radical (unpaired) electrons. The van der Waals surface area contributed by atoms with E-state index in [-0.39, 0.29) is 0 Å².